The Hall–Kier alpha value is 0.690. The minimum Gasteiger partial charge on any atom is -0.301 e. The molecule has 0 spiro atoms. The molecule has 1 fully saturated rings. The first-order valence-corrected chi connectivity index (χ1v) is 7.61. The molecular formula is C8H17Cl2N2O2P. The first-order valence-electron chi connectivity index (χ1n) is 4.97. The Balaban J connectivity index is 2.69. The molecule has 0 radical (unpaired) electrons. The summed E-state index contributed by atoms with van der Waals surface area (Å²) in [5.41, 5.74) is 0. The molecular weight excluding hydrogens is 258 g/mol. The molecule has 0 aliphatic carbocycles. The summed E-state index contributed by atoms with van der Waals surface area (Å²) in [6.07, 6.45) is -0.0519. The van der Waals surface area contributed by atoms with E-state index in [9.17, 15) is 4.57 Å². The monoisotopic (exact) mass is 274 g/mol. The van der Waals surface area contributed by atoms with Crippen LogP contribution in [0.3, 0.4) is 0 Å². The molecule has 1 aliphatic heterocycles. The van der Waals surface area contributed by atoms with Crippen LogP contribution in [0, 0.1) is 0 Å². The second kappa shape index (κ2) is 5.85. The summed E-state index contributed by atoms with van der Waals surface area (Å²) < 4.78 is 19.6. The van der Waals surface area contributed by atoms with Crippen LogP contribution in [0.4, 0.5) is 0 Å². The van der Waals surface area contributed by atoms with Gasteiger partial charge in [0.05, 0.1) is 6.10 Å². The van der Waals surface area contributed by atoms with E-state index in [4.69, 9.17) is 27.7 Å². The van der Waals surface area contributed by atoms with Crippen molar-refractivity contribution in [2.24, 2.45) is 0 Å². The molecule has 1 saturated heterocycles. The van der Waals surface area contributed by atoms with Crippen molar-refractivity contribution in [1.29, 1.82) is 0 Å². The van der Waals surface area contributed by atoms with Gasteiger partial charge < -0.3 is 4.52 Å². The van der Waals surface area contributed by atoms with Crippen molar-refractivity contribution in [1.82, 2.24) is 9.76 Å². The van der Waals surface area contributed by atoms with Gasteiger partial charge in [-0.3, -0.25) is 4.57 Å². The fraction of sp³-hybridized carbons (Fsp3) is 1.00. The van der Waals surface area contributed by atoms with Gasteiger partial charge in [-0.25, -0.2) is 9.76 Å². The number of alkyl halides is 2. The van der Waals surface area contributed by atoms with Gasteiger partial charge in [0.25, 0.3) is 0 Å². The SMILES string of the molecule is CC1NP(=O)(N(CCCl)CCCl)OC1C. The summed E-state index contributed by atoms with van der Waals surface area (Å²) in [5.74, 6) is 0.823. The fourth-order valence-corrected chi connectivity index (χ4v) is 4.51. The Morgan fingerprint density at radius 3 is 2.20 bits per heavy atom. The molecule has 1 aliphatic rings. The van der Waals surface area contributed by atoms with Crippen molar-refractivity contribution < 1.29 is 9.09 Å². The number of nitrogens with zero attached hydrogens (tertiary/aromatic N) is 1. The fourth-order valence-electron chi connectivity index (χ4n) is 1.43. The van der Waals surface area contributed by atoms with Crippen LogP contribution in [0.2, 0.25) is 0 Å². The molecule has 3 atom stereocenters. The van der Waals surface area contributed by atoms with Gasteiger partial charge in [0.2, 0.25) is 0 Å². The summed E-state index contributed by atoms with van der Waals surface area (Å²) in [7, 11) is -2.91. The van der Waals surface area contributed by atoms with Crippen LogP contribution in [0.5, 0.6) is 0 Å². The predicted octanol–water partition coefficient (Wildman–Crippen LogP) is 2.27. The third-order valence-electron chi connectivity index (χ3n) is 2.44. The summed E-state index contributed by atoms with van der Waals surface area (Å²) in [5, 5.41) is 2.99. The van der Waals surface area contributed by atoms with E-state index in [1.807, 2.05) is 13.8 Å². The lowest BCUT2D eigenvalue weighted by Gasteiger charge is -2.26. The third-order valence-corrected chi connectivity index (χ3v) is 5.27. The smallest absolute Gasteiger partial charge is 0.301 e. The summed E-state index contributed by atoms with van der Waals surface area (Å²) in [6.45, 7) is 4.87. The van der Waals surface area contributed by atoms with Crippen molar-refractivity contribution >= 4 is 30.9 Å². The van der Waals surface area contributed by atoms with Crippen molar-refractivity contribution in [3.8, 4) is 0 Å². The number of halogens is 2. The highest BCUT2D eigenvalue weighted by Crippen LogP contribution is 2.52. The largest absolute Gasteiger partial charge is 0.344 e. The first kappa shape index (κ1) is 13.8. The second-order valence-electron chi connectivity index (χ2n) is 3.58. The molecule has 4 nitrogen and oxygen atoms in total. The molecule has 1 N–H and O–H groups in total. The van der Waals surface area contributed by atoms with Gasteiger partial charge in [0, 0.05) is 30.9 Å². The van der Waals surface area contributed by atoms with E-state index in [0.29, 0.717) is 24.8 Å². The number of hydrogen-bond acceptors (Lipinski definition) is 2. The predicted molar refractivity (Wildman–Crippen MR) is 63.8 cm³/mol. The van der Waals surface area contributed by atoms with Crippen LogP contribution in [0.1, 0.15) is 13.8 Å². The summed E-state index contributed by atoms with van der Waals surface area (Å²) in [6, 6.07) is 0.0870. The Bertz CT molecular complexity index is 235. The second-order valence-corrected chi connectivity index (χ2v) is 6.41. The standard InChI is InChI=1S/C8H17Cl2N2O2P/c1-7-8(2)14-15(13,11-7)12(5-3-9)6-4-10/h7-8H,3-6H2,1-2H3,(H,11,13). The number of rotatable bonds is 5. The quantitative estimate of drug-likeness (QED) is 0.617. The normalized spacial score (nSPS) is 36.3. The van der Waals surface area contributed by atoms with Crippen molar-refractivity contribution in [2.75, 3.05) is 24.8 Å². The van der Waals surface area contributed by atoms with E-state index in [2.05, 4.69) is 5.09 Å². The molecule has 90 valence electrons. The highest BCUT2D eigenvalue weighted by Gasteiger charge is 2.42. The van der Waals surface area contributed by atoms with E-state index >= 15 is 0 Å². The van der Waals surface area contributed by atoms with E-state index in [1.54, 1.807) is 4.67 Å². The molecule has 0 bridgehead atoms. The number of hydrogen-bond donors (Lipinski definition) is 1. The molecule has 15 heavy (non-hydrogen) atoms. The molecule has 0 aromatic heterocycles. The van der Waals surface area contributed by atoms with Crippen LogP contribution in [-0.4, -0.2) is 41.7 Å². The maximum absolute atomic E-state index is 12.4. The van der Waals surface area contributed by atoms with Gasteiger partial charge >= 0.3 is 7.67 Å². The van der Waals surface area contributed by atoms with E-state index in [1.165, 1.54) is 0 Å². The molecule has 0 amide bonds. The zero-order valence-corrected chi connectivity index (χ0v) is 11.4. The molecule has 0 aromatic rings. The maximum Gasteiger partial charge on any atom is 0.344 e. The lowest BCUT2D eigenvalue weighted by Crippen LogP contribution is -2.31. The highest BCUT2D eigenvalue weighted by atomic mass is 35.5. The zero-order chi connectivity index (χ0) is 11.5. The van der Waals surface area contributed by atoms with Crippen molar-refractivity contribution in [3.05, 3.63) is 0 Å². The Morgan fingerprint density at radius 1 is 1.33 bits per heavy atom. The van der Waals surface area contributed by atoms with Gasteiger partial charge in [-0.1, -0.05) is 0 Å². The van der Waals surface area contributed by atoms with Crippen molar-refractivity contribution in [2.45, 2.75) is 26.0 Å². The van der Waals surface area contributed by atoms with Crippen LogP contribution in [-0.2, 0) is 9.09 Å². The average molecular weight is 275 g/mol. The van der Waals surface area contributed by atoms with Crippen LogP contribution < -0.4 is 5.09 Å². The topological polar surface area (TPSA) is 41.6 Å². The van der Waals surface area contributed by atoms with Crippen molar-refractivity contribution in [3.63, 3.8) is 0 Å². The van der Waals surface area contributed by atoms with E-state index in [-0.39, 0.29) is 12.1 Å². The minimum atomic E-state index is -2.91. The molecule has 0 saturated carbocycles. The lowest BCUT2D eigenvalue weighted by atomic mass is 10.2. The van der Waals surface area contributed by atoms with Gasteiger partial charge in [-0.15, -0.1) is 23.2 Å². The molecule has 0 aromatic carbocycles. The lowest BCUT2D eigenvalue weighted by molar-refractivity contribution is 0.217. The molecule has 7 heteroatoms. The maximum atomic E-state index is 12.4. The molecule has 3 unspecified atom stereocenters. The Kier molecular flexibility index (Phi) is 5.37. The summed E-state index contributed by atoms with van der Waals surface area (Å²) in [4.78, 5) is 0. The average Bonchev–Trinajstić information content (AvgIpc) is 2.42. The van der Waals surface area contributed by atoms with E-state index < -0.39 is 7.67 Å². The van der Waals surface area contributed by atoms with Crippen LogP contribution in [0.15, 0.2) is 0 Å². The highest BCUT2D eigenvalue weighted by molar-refractivity contribution is 7.54. The van der Waals surface area contributed by atoms with Gasteiger partial charge in [-0.05, 0) is 13.8 Å². The summed E-state index contributed by atoms with van der Waals surface area (Å²) >= 11 is 11.3. The van der Waals surface area contributed by atoms with Gasteiger partial charge in [0.15, 0.2) is 0 Å². The Morgan fingerprint density at radius 2 is 1.87 bits per heavy atom. The van der Waals surface area contributed by atoms with E-state index in [0.717, 1.165) is 0 Å². The van der Waals surface area contributed by atoms with Crippen LogP contribution >= 0.6 is 30.9 Å². The zero-order valence-electron chi connectivity index (χ0n) is 8.95. The Labute approximate surface area is 101 Å². The first-order chi connectivity index (χ1) is 7.03. The number of nitrogens with one attached hydrogen (secondary N) is 1. The minimum absolute atomic E-state index is 0.0519. The van der Waals surface area contributed by atoms with Gasteiger partial charge in [0.1, 0.15) is 0 Å². The molecule has 1 rings (SSSR count). The van der Waals surface area contributed by atoms with Crippen LogP contribution in [0.25, 0.3) is 0 Å². The van der Waals surface area contributed by atoms with Gasteiger partial charge in [-0.2, -0.15) is 0 Å². The molecule has 1 heterocycles. The third kappa shape index (κ3) is 3.32.